The van der Waals surface area contributed by atoms with Crippen LogP contribution in [0.3, 0.4) is 0 Å². The number of aryl methyl sites for hydroxylation is 1. The van der Waals surface area contributed by atoms with Crippen LogP contribution in [-0.4, -0.2) is 31.3 Å². The van der Waals surface area contributed by atoms with Gasteiger partial charge < -0.3 is 4.57 Å². The fourth-order valence-corrected chi connectivity index (χ4v) is 3.53. The Morgan fingerprint density at radius 1 is 1.23 bits per heavy atom. The number of halogens is 1. The SMILES string of the molecule is C#CCNS(=O)(=O)c1cccc(C(=O)NNC(=O)c2cc(Br)cn2C)c1. The topological polar surface area (TPSA) is 109 Å². The van der Waals surface area contributed by atoms with Crippen molar-refractivity contribution in [3.05, 3.63) is 52.3 Å². The Morgan fingerprint density at radius 3 is 2.54 bits per heavy atom. The van der Waals surface area contributed by atoms with Gasteiger partial charge in [-0.05, 0) is 40.2 Å². The number of benzene rings is 1. The molecule has 2 amide bonds. The summed E-state index contributed by atoms with van der Waals surface area (Å²) in [5.74, 6) is 0.975. The molecule has 0 unspecified atom stereocenters. The molecule has 8 nitrogen and oxygen atoms in total. The second-order valence-electron chi connectivity index (χ2n) is 5.12. The smallest absolute Gasteiger partial charge is 0.286 e. The minimum absolute atomic E-state index is 0.0574. The summed E-state index contributed by atoms with van der Waals surface area (Å²) < 4.78 is 28.6. The van der Waals surface area contributed by atoms with E-state index >= 15 is 0 Å². The molecule has 0 aliphatic heterocycles. The molecule has 0 saturated carbocycles. The van der Waals surface area contributed by atoms with Crippen LogP contribution in [0.15, 0.2) is 45.9 Å². The summed E-state index contributed by atoms with van der Waals surface area (Å²) in [4.78, 5) is 24.1. The second kappa shape index (κ2) is 8.18. The molecule has 0 aliphatic carbocycles. The van der Waals surface area contributed by atoms with Gasteiger partial charge >= 0.3 is 0 Å². The number of nitrogens with zero attached hydrogens (tertiary/aromatic N) is 1. The molecule has 0 aliphatic rings. The highest BCUT2D eigenvalue weighted by Gasteiger charge is 2.17. The molecule has 1 aromatic carbocycles. The van der Waals surface area contributed by atoms with Crippen molar-refractivity contribution in [1.29, 1.82) is 0 Å². The predicted molar refractivity (Wildman–Crippen MR) is 98.5 cm³/mol. The third-order valence-corrected chi connectivity index (χ3v) is 5.10. The Balaban J connectivity index is 2.08. The third-order valence-electron chi connectivity index (χ3n) is 3.26. The maximum absolute atomic E-state index is 12.2. The van der Waals surface area contributed by atoms with Crippen molar-refractivity contribution in [3.63, 3.8) is 0 Å². The normalized spacial score (nSPS) is 10.8. The van der Waals surface area contributed by atoms with Gasteiger partial charge in [-0.25, -0.2) is 8.42 Å². The Kier molecular flexibility index (Phi) is 6.20. The first kappa shape index (κ1) is 19.7. The van der Waals surface area contributed by atoms with Gasteiger partial charge in [0.25, 0.3) is 11.8 Å². The third kappa shape index (κ3) is 4.72. The number of aromatic nitrogens is 1. The Labute approximate surface area is 159 Å². The van der Waals surface area contributed by atoms with Crippen LogP contribution in [-0.2, 0) is 17.1 Å². The molecule has 0 fully saturated rings. The van der Waals surface area contributed by atoms with Crippen molar-refractivity contribution in [1.82, 2.24) is 20.1 Å². The van der Waals surface area contributed by atoms with Crippen LogP contribution in [0, 0.1) is 12.3 Å². The molecular weight excluding hydrogens is 424 g/mol. The summed E-state index contributed by atoms with van der Waals surface area (Å²) >= 11 is 3.25. The number of hydrazine groups is 1. The molecule has 1 heterocycles. The van der Waals surface area contributed by atoms with E-state index in [1.807, 2.05) is 0 Å². The Hall–Kier alpha value is -2.61. The van der Waals surface area contributed by atoms with E-state index < -0.39 is 21.8 Å². The van der Waals surface area contributed by atoms with E-state index in [1.54, 1.807) is 23.9 Å². The van der Waals surface area contributed by atoms with Gasteiger partial charge in [0, 0.05) is 23.3 Å². The van der Waals surface area contributed by atoms with Crippen LogP contribution in [0.25, 0.3) is 0 Å². The van der Waals surface area contributed by atoms with Crippen LogP contribution in [0.5, 0.6) is 0 Å². The lowest BCUT2D eigenvalue weighted by molar-refractivity contribution is 0.0842. The van der Waals surface area contributed by atoms with Gasteiger partial charge in [-0.15, -0.1) is 6.42 Å². The van der Waals surface area contributed by atoms with Gasteiger partial charge in [-0.1, -0.05) is 12.0 Å². The van der Waals surface area contributed by atoms with Crippen LogP contribution in [0.1, 0.15) is 20.8 Å². The summed E-state index contributed by atoms with van der Waals surface area (Å²) in [5.41, 5.74) is 4.90. The van der Waals surface area contributed by atoms with E-state index in [2.05, 4.69) is 37.4 Å². The summed E-state index contributed by atoms with van der Waals surface area (Å²) in [6.07, 6.45) is 6.72. The lowest BCUT2D eigenvalue weighted by Crippen LogP contribution is -2.42. The molecule has 26 heavy (non-hydrogen) atoms. The van der Waals surface area contributed by atoms with E-state index in [1.165, 1.54) is 24.3 Å². The van der Waals surface area contributed by atoms with Gasteiger partial charge in [0.2, 0.25) is 10.0 Å². The van der Waals surface area contributed by atoms with E-state index in [9.17, 15) is 18.0 Å². The maximum Gasteiger partial charge on any atom is 0.286 e. The Morgan fingerprint density at radius 2 is 1.92 bits per heavy atom. The van der Waals surface area contributed by atoms with Gasteiger partial charge in [-0.3, -0.25) is 20.4 Å². The van der Waals surface area contributed by atoms with Crippen molar-refractivity contribution in [2.75, 3.05) is 6.54 Å². The molecule has 0 atom stereocenters. The zero-order valence-corrected chi connectivity index (χ0v) is 16.0. The quantitative estimate of drug-likeness (QED) is 0.473. The number of nitrogens with one attached hydrogen (secondary N) is 3. The summed E-state index contributed by atoms with van der Waals surface area (Å²) in [6.45, 7) is -0.166. The minimum atomic E-state index is -3.82. The van der Waals surface area contributed by atoms with Crippen molar-refractivity contribution >= 4 is 37.8 Å². The molecule has 0 saturated heterocycles. The summed E-state index contributed by atoms with van der Waals surface area (Å²) in [7, 11) is -2.14. The zero-order valence-electron chi connectivity index (χ0n) is 13.6. The summed E-state index contributed by atoms with van der Waals surface area (Å²) in [6, 6.07) is 6.93. The molecular formula is C16H15BrN4O4S. The maximum atomic E-state index is 12.2. The number of amides is 2. The minimum Gasteiger partial charge on any atom is -0.345 e. The molecule has 2 aromatic rings. The van der Waals surface area contributed by atoms with Crippen molar-refractivity contribution in [2.45, 2.75) is 4.90 Å². The molecule has 10 heteroatoms. The molecule has 1 aromatic heterocycles. The van der Waals surface area contributed by atoms with E-state index in [-0.39, 0.29) is 17.0 Å². The average molecular weight is 439 g/mol. The number of hydrogen-bond acceptors (Lipinski definition) is 4. The predicted octanol–water partition coefficient (Wildman–Crippen LogP) is 0.774. The zero-order chi connectivity index (χ0) is 19.3. The highest BCUT2D eigenvalue weighted by Crippen LogP contribution is 2.13. The van der Waals surface area contributed by atoms with Crippen LogP contribution in [0.4, 0.5) is 0 Å². The Bertz CT molecular complexity index is 992. The monoisotopic (exact) mass is 438 g/mol. The second-order valence-corrected chi connectivity index (χ2v) is 7.80. The van der Waals surface area contributed by atoms with Gasteiger partial charge in [0.1, 0.15) is 5.69 Å². The fraction of sp³-hybridized carbons (Fsp3) is 0.125. The van der Waals surface area contributed by atoms with E-state index in [4.69, 9.17) is 6.42 Å². The van der Waals surface area contributed by atoms with Crippen molar-refractivity contribution in [2.24, 2.45) is 7.05 Å². The molecule has 136 valence electrons. The number of sulfonamides is 1. The first-order valence-electron chi connectivity index (χ1n) is 7.20. The van der Waals surface area contributed by atoms with Crippen LogP contribution >= 0.6 is 15.9 Å². The lowest BCUT2D eigenvalue weighted by Gasteiger charge is -2.09. The molecule has 0 radical (unpaired) electrons. The van der Waals surface area contributed by atoms with Gasteiger partial charge in [0.15, 0.2) is 0 Å². The average Bonchev–Trinajstić information content (AvgIpc) is 2.96. The molecule has 0 bridgehead atoms. The number of hydrogen-bond donors (Lipinski definition) is 3. The molecule has 0 spiro atoms. The number of rotatable bonds is 5. The lowest BCUT2D eigenvalue weighted by atomic mass is 10.2. The van der Waals surface area contributed by atoms with Gasteiger partial charge in [-0.2, -0.15) is 4.72 Å². The number of carbonyl (C=O) groups is 2. The molecule has 3 N–H and O–H groups in total. The largest absolute Gasteiger partial charge is 0.345 e. The number of terminal acetylenes is 1. The van der Waals surface area contributed by atoms with E-state index in [0.717, 1.165) is 0 Å². The first-order chi connectivity index (χ1) is 12.2. The van der Waals surface area contributed by atoms with Crippen molar-refractivity contribution < 1.29 is 18.0 Å². The summed E-state index contributed by atoms with van der Waals surface area (Å²) in [5, 5.41) is 0. The first-order valence-corrected chi connectivity index (χ1v) is 9.48. The fourth-order valence-electron chi connectivity index (χ4n) is 2.02. The van der Waals surface area contributed by atoms with Crippen molar-refractivity contribution in [3.8, 4) is 12.3 Å². The van der Waals surface area contributed by atoms with Crippen LogP contribution < -0.4 is 15.6 Å². The van der Waals surface area contributed by atoms with Crippen LogP contribution in [0.2, 0.25) is 0 Å². The number of carbonyl (C=O) groups excluding carboxylic acids is 2. The highest BCUT2D eigenvalue weighted by atomic mass is 79.9. The molecule has 2 rings (SSSR count). The highest BCUT2D eigenvalue weighted by molar-refractivity contribution is 9.10. The van der Waals surface area contributed by atoms with Gasteiger partial charge in [0.05, 0.1) is 11.4 Å². The van der Waals surface area contributed by atoms with E-state index in [0.29, 0.717) is 10.2 Å². The standard InChI is InChI=1S/C16H15BrN4O4S/c1-3-7-18-26(24,25)13-6-4-5-11(8-13)15(22)19-20-16(23)14-9-12(17)10-21(14)2/h1,4-6,8-10,18H,7H2,2H3,(H,19,22)(H,20,23).